The lowest BCUT2D eigenvalue weighted by atomic mass is 10.2. The molecule has 0 aliphatic carbocycles. The van der Waals surface area contributed by atoms with Crippen LogP contribution in [-0.4, -0.2) is 20.7 Å². The highest BCUT2D eigenvalue weighted by atomic mass is 28.3. The number of unbranched alkanes of at least 4 members (excludes halogenated alkanes) is 4. The number of benzene rings is 1. The van der Waals surface area contributed by atoms with Crippen molar-refractivity contribution in [2.45, 2.75) is 58.0 Å². The Labute approximate surface area is 148 Å². The molecule has 0 N–H and O–H groups in total. The van der Waals surface area contributed by atoms with Gasteiger partial charge in [-0.3, -0.25) is 4.89 Å². The molecule has 0 saturated heterocycles. The standard InChI is InChI=1S/C20H31O3Si/c1-5-9-10-11-12-17-22-23-20(21)18-13-15-19(16-14-18)24(6-2,7-3)8-4/h6,13-16H,1-2,5,7-12,17H2,3-4H3. The van der Waals surface area contributed by atoms with Crippen molar-refractivity contribution in [1.82, 2.24) is 0 Å². The molecular weight excluding hydrogens is 316 g/mol. The average Bonchev–Trinajstić information content (AvgIpc) is 2.63. The van der Waals surface area contributed by atoms with Gasteiger partial charge in [-0.1, -0.05) is 81.6 Å². The summed E-state index contributed by atoms with van der Waals surface area (Å²) in [7, 11) is -1.62. The summed E-state index contributed by atoms with van der Waals surface area (Å²) in [5.41, 5.74) is 2.66. The van der Waals surface area contributed by atoms with Crippen LogP contribution in [0.1, 0.15) is 56.3 Å². The molecule has 3 nitrogen and oxygen atoms in total. The maximum absolute atomic E-state index is 12.0. The van der Waals surface area contributed by atoms with Crippen LogP contribution in [0.4, 0.5) is 0 Å². The van der Waals surface area contributed by atoms with Crippen LogP contribution in [0.3, 0.4) is 0 Å². The first kappa shape index (κ1) is 20.7. The molecule has 0 atom stereocenters. The fourth-order valence-electron chi connectivity index (χ4n) is 2.84. The molecule has 24 heavy (non-hydrogen) atoms. The fraction of sp³-hybridized carbons (Fsp3) is 0.500. The Morgan fingerprint density at radius 2 is 1.71 bits per heavy atom. The van der Waals surface area contributed by atoms with E-state index in [1.54, 1.807) is 0 Å². The normalized spacial score (nSPS) is 11.3. The first-order valence-corrected chi connectivity index (χ1v) is 11.5. The summed E-state index contributed by atoms with van der Waals surface area (Å²) in [4.78, 5) is 21.9. The zero-order valence-corrected chi connectivity index (χ0v) is 16.2. The first-order chi connectivity index (χ1) is 11.6. The Kier molecular flexibility index (Phi) is 9.65. The lowest BCUT2D eigenvalue weighted by molar-refractivity contribution is -0.241. The third kappa shape index (κ3) is 5.91. The molecule has 0 heterocycles. The second-order valence-electron chi connectivity index (χ2n) is 6.11. The minimum absolute atomic E-state index is 0.432. The number of hydrogen-bond donors (Lipinski definition) is 0. The van der Waals surface area contributed by atoms with Crippen molar-refractivity contribution < 1.29 is 14.6 Å². The van der Waals surface area contributed by atoms with Crippen LogP contribution < -0.4 is 5.19 Å². The van der Waals surface area contributed by atoms with Crippen LogP contribution in [0.25, 0.3) is 0 Å². The van der Waals surface area contributed by atoms with E-state index in [-0.39, 0.29) is 0 Å². The van der Waals surface area contributed by atoms with Crippen LogP contribution in [-0.2, 0) is 9.78 Å². The Hall–Kier alpha value is -1.39. The molecule has 4 heteroatoms. The Bertz CT molecular complexity index is 492. The monoisotopic (exact) mass is 347 g/mol. The molecule has 0 saturated carbocycles. The number of carbonyl (C=O) groups excluding carboxylic acids is 1. The summed E-state index contributed by atoms with van der Waals surface area (Å²) in [6, 6.07) is 9.96. The molecule has 0 aliphatic heterocycles. The van der Waals surface area contributed by atoms with E-state index < -0.39 is 14.0 Å². The largest absolute Gasteiger partial charge is 0.373 e. The molecule has 0 fully saturated rings. The van der Waals surface area contributed by atoms with E-state index in [2.05, 4.69) is 33.0 Å². The van der Waals surface area contributed by atoms with Crippen LogP contribution in [0.5, 0.6) is 0 Å². The lowest BCUT2D eigenvalue weighted by Crippen LogP contribution is -2.44. The summed E-state index contributed by atoms with van der Waals surface area (Å²) < 4.78 is 0. The Morgan fingerprint density at radius 1 is 1.08 bits per heavy atom. The molecule has 0 amide bonds. The molecule has 0 aliphatic rings. The smallest absolute Gasteiger partial charge is 0.293 e. The molecule has 1 aromatic carbocycles. The van der Waals surface area contributed by atoms with Crippen molar-refractivity contribution in [2.75, 3.05) is 6.61 Å². The Morgan fingerprint density at radius 3 is 2.25 bits per heavy atom. The summed E-state index contributed by atoms with van der Waals surface area (Å²) in [5, 5.41) is 1.31. The maximum atomic E-state index is 12.0. The van der Waals surface area contributed by atoms with E-state index in [0.29, 0.717) is 12.2 Å². The van der Waals surface area contributed by atoms with E-state index in [1.165, 1.54) is 5.19 Å². The van der Waals surface area contributed by atoms with Crippen LogP contribution in [0, 0.1) is 6.92 Å². The summed E-state index contributed by atoms with van der Waals surface area (Å²) in [5.74, 6) is -0.432. The van der Waals surface area contributed by atoms with Gasteiger partial charge >= 0.3 is 5.97 Å². The van der Waals surface area contributed by atoms with E-state index in [9.17, 15) is 4.79 Å². The molecule has 1 rings (SSSR count). The minimum atomic E-state index is -1.62. The second kappa shape index (κ2) is 11.2. The lowest BCUT2D eigenvalue weighted by Gasteiger charge is -2.25. The van der Waals surface area contributed by atoms with Crippen LogP contribution in [0.2, 0.25) is 12.1 Å². The molecule has 0 spiro atoms. The number of rotatable bonds is 12. The average molecular weight is 348 g/mol. The van der Waals surface area contributed by atoms with Gasteiger partial charge < -0.3 is 0 Å². The van der Waals surface area contributed by atoms with Gasteiger partial charge in [0.1, 0.15) is 8.07 Å². The number of hydrogen-bond acceptors (Lipinski definition) is 3. The third-order valence-corrected chi connectivity index (χ3v) is 9.50. The summed E-state index contributed by atoms with van der Waals surface area (Å²) >= 11 is 0. The van der Waals surface area contributed by atoms with Gasteiger partial charge in [0.05, 0.1) is 12.2 Å². The third-order valence-electron chi connectivity index (χ3n) is 4.71. The van der Waals surface area contributed by atoms with Crippen molar-refractivity contribution in [1.29, 1.82) is 0 Å². The molecule has 133 valence electrons. The number of carbonyl (C=O) groups is 1. The van der Waals surface area contributed by atoms with Gasteiger partial charge in [-0.2, -0.15) is 4.89 Å². The van der Waals surface area contributed by atoms with Crippen LogP contribution >= 0.6 is 0 Å². The topological polar surface area (TPSA) is 35.5 Å². The quantitative estimate of drug-likeness (QED) is 0.231. The molecule has 0 bridgehead atoms. The zero-order chi connectivity index (χ0) is 17.8. The van der Waals surface area contributed by atoms with Crippen LogP contribution in [0.15, 0.2) is 36.5 Å². The van der Waals surface area contributed by atoms with Gasteiger partial charge in [-0.15, -0.1) is 6.58 Å². The molecule has 0 aromatic heterocycles. The van der Waals surface area contributed by atoms with Crippen molar-refractivity contribution in [3.63, 3.8) is 0 Å². The zero-order valence-electron chi connectivity index (χ0n) is 15.2. The predicted octanol–water partition coefficient (Wildman–Crippen LogP) is 4.98. The van der Waals surface area contributed by atoms with Gasteiger partial charge in [0, 0.05) is 0 Å². The highest BCUT2D eigenvalue weighted by Crippen LogP contribution is 2.17. The summed E-state index contributed by atoms with van der Waals surface area (Å²) in [6.45, 7) is 12.7. The van der Waals surface area contributed by atoms with Gasteiger partial charge in [0.15, 0.2) is 0 Å². The molecular formula is C20H31O3Si. The van der Waals surface area contributed by atoms with E-state index >= 15 is 0 Å². The van der Waals surface area contributed by atoms with Crippen molar-refractivity contribution in [2.24, 2.45) is 0 Å². The van der Waals surface area contributed by atoms with Crippen molar-refractivity contribution in [3.8, 4) is 0 Å². The highest BCUT2D eigenvalue weighted by Gasteiger charge is 2.27. The summed E-state index contributed by atoms with van der Waals surface area (Å²) in [6.07, 6.45) is 5.22. The minimum Gasteiger partial charge on any atom is -0.293 e. The van der Waals surface area contributed by atoms with Gasteiger partial charge in [-0.25, -0.2) is 4.79 Å². The maximum Gasteiger partial charge on any atom is 0.373 e. The SMILES string of the molecule is [CH2]CCCCCCOOC(=O)c1ccc([Si](C=C)(CC)CC)cc1. The first-order valence-electron chi connectivity index (χ1n) is 9.00. The highest BCUT2D eigenvalue weighted by molar-refractivity contribution is 6.95. The van der Waals surface area contributed by atoms with E-state index in [1.807, 2.05) is 24.3 Å². The van der Waals surface area contributed by atoms with E-state index in [0.717, 1.165) is 44.2 Å². The predicted molar refractivity (Wildman–Crippen MR) is 103 cm³/mol. The van der Waals surface area contributed by atoms with Crippen molar-refractivity contribution in [3.05, 3.63) is 49.0 Å². The van der Waals surface area contributed by atoms with E-state index in [4.69, 9.17) is 9.78 Å². The Balaban J connectivity index is 2.48. The van der Waals surface area contributed by atoms with Gasteiger partial charge in [-0.05, 0) is 18.6 Å². The van der Waals surface area contributed by atoms with Gasteiger partial charge in [0.25, 0.3) is 0 Å². The molecule has 1 aromatic rings. The van der Waals surface area contributed by atoms with Gasteiger partial charge in [0.2, 0.25) is 0 Å². The second-order valence-corrected chi connectivity index (χ2v) is 10.8. The molecule has 1 radical (unpaired) electrons. The fourth-order valence-corrected chi connectivity index (χ4v) is 5.80. The van der Waals surface area contributed by atoms with Crippen molar-refractivity contribution >= 4 is 19.2 Å². The molecule has 0 unspecified atom stereocenters.